The average molecular weight is 390 g/mol. The maximum Gasteiger partial charge on any atom is 0.362 e. The van der Waals surface area contributed by atoms with Gasteiger partial charge in [0, 0.05) is 12.1 Å². The molecule has 3 aromatic rings. The molecule has 0 aliphatic carbocycles. The molecule has 0 radical (unpaired) electrons. The molecule has 3 rings (SSSR count). The van der Waals surface area contributed by atoms with Crippen molar-refractivity contribution in [2.45, 2.75) is 0 Å². The third-order valence-electron chi connectivity index (χ3n) is 3.70. The lowest BCUT2D eigenvalue weighted by Crippen LogP contribution is -2.10. The van der Waals surface area contributed by atoms with Crippen LogP contribution in [0.3, 0.4) is 0 Å². The Morgan fingerprint density at radius 1 is 0.897 bits per heavy atom. The lowest BCUT2D eigenvalue weighted by molar-refractivity contribution is -0.384. The Labute approximate surface area is 164 Å². The highest BCUT2D eigenvalue weighted by atomic mass is 16.7. The van der Waals surface area contributed by atoms with Crippen molar-refractivity contribution in [3.8, 4) is 0 Å². The van der Waals surface area contributed by atoms with E-state index in [4.69, 9.17) is 4.84 Å². The van der Waals surface area contributed by atoms with E-state index in [0.717, 1.165) is 6.07 Å². The number of azo groups is 1. The van der Waals surface area contributed by atoms with Crippen molar-refractivity contribution in [2.75, 3.05) is 5.48 Å². The minimum atomic E-state index is -0.701. The number of carbonyl (C=O) groups is 2. The first-order chi connectivity index (χ1) is 14.0. The number of hydrogen-bond acceptors (Lipinski definition) is 7. The van der Waals surface area contributed by atoms with Crippen LogP contribution in [0.15, 0.2) is 89.1 Å². The first-order valence-corrected chi connectivity index (χ1v) is 8.36. The van der Waals surface area contributed by atoms with Gasteiger partial charge in [0.15, 0.2) is 0 Å². The molecule has 29 heavy (non-hydrogen) atoms. The van der Waals surface area contributed by atoms with Gasteiger partial charge in [0.2, 0.25) is 0 Å². The summed E-state index contributed by atoms with van der Waals surface area (Å²) in [6, 6.07) is 20.0. The summed E-state index contributed by atoms with van der Waals surface area (Å²) in [7, 11) is 0. The molecule has 0 heterocycles. The van der Waals surface area contributed by atoms with E-state index < -0.39 is 16.8 Å². The Morgan fingerprint density at radius 3 is 2.28 bits per heavy atom. The van der Waals surface area contributed by atoms with Crippen molar-refractivity contribution in [3.05, 3.63) is 100 Å². The molecule has 0 saturated carbocycles. The predicted molar refractivity (Wildman–Crippen MR) is 104 cm³/mol. The summed E-state index contributed by atoms with van der Waals surface area (Å²) >= 11 is 0. The number of non-ortho nitro benzene ring substituents is 1. The van der Waals surface area contributed by atoms with E-state index in [0.29, 0.717) is 16.9 Å². The SMILES string of the molecule is O=C(N=Nc1ccc(NOC(=O)c2ccccc2)cc1)c1cccc([N+](=O)[O-])c1. The second kappa shape index (κ2) is 9.00. The fourth-order valence-corrected chi connectivity index (χ4v) is 2.25. The summed E-state index contributed by atoms with van der Waals surface area (Å²) < 4.78 is 0. The Bertz CT molecular complexity index is 1070. The van der Waals surface area contributed by atoms with Crippen molar-refractivity contribution in [1.29, 1.82) is 0 Å². The first kappa shape index (κ1) is 19.4. The maximum atomic E-state index is 12.0. The van der Waals surface area contributed by atoms with Gasteiger partial charge in [0.1, 0.15) is 0 Å². The third-order valence-corrected chi connectivity index (χ3v) is 3.70. The highest BCUT2D eigenvalue weighted by Crippen LogP contribution is 2.19. The van der Waals surface area contributed by atoms with Gasteiger partial charge >= 0.3 is 5.97 Å². The van der Waals surface area contributed by atoms with E-state index in [1.807, 2.05) is 0 Å². The molecule has 1 amide bonds. The zero-order valence-corrected chi connectivity index (χ0v) is 14.9. The van der Waals surface area contributed by atoms with Gasteiger partial charge in [-0.2, -0.15) is 0 Å². The number of nitro benzene ring substituents is 1. The number of anilines is 1. The van der Waals surface area contributed by atoms with Crippen LogP contribution in [0.1, 0.15) is 20.7 Å². The maximum absolute atomic E-state index is 12.0. The molecule has 0 bridgehead atoms. The summed E-state index contributed by atoms with van der Waals surface area (Å²) in [5, 5.41) is 18.1. The zero-order chi connectivity index (χ0) is 20.6. The normalized spacial score (nSPS) is 10.5. The van der Waals surface area contributed by atoms with Gasteiger partial charge < -0.3 is 4.84 Å². The molecule has 0 aliphatic rings. The minimum absolute atomic E-state index is 0.0639. The van der Waals surface area contributed by atoms with Gasteiger partial charge in [-0.3, -0.25) is 14.9 Å². The van der Waals surface area contributed by atoms with Crippen molar-refractivity contribution in [2.24, 2.45) is 10.2 Å². The molecule has 0 saturated heterocycles. The van der Waals surface area contributed by atoms with E-state index in [2.05, 4.69) is 15.7 Å². The molecule has 0 aromatic heterocycles. The van der Waals surface area contributed by atoms with E-state index in [1.165, 1.54) is 18.2 Å². The van der Waals surface area contributed by atoms with Crippen LogP contribution in [0.2, 0.25) is 0 Å². The van der Waals surface area contributed by atoms with Crippen LogP contribution >= 0.6 is 0 Å². The van der Waals surface area contributed by atoms with Crippen molar-refractivity contribution < 1.29 is 19.3 Å². The van der Waals surface area contributed by atoms with Crippen LogP contribution in [-0.2, 0) is 4.84 Å². The monoisotopic (exact) mass is 390 g/mol. The quantitative estimate of drug-likeness (QED) is 0.369. The van der Waals surface area contributed by atoms with Crippen LogP contribution in [0.4, 0.5) is 17.1 Å². The molecule has 0 aliphatic heterocycles. The molecule has 0 atom stereocenters. The summed E-state index contributed by atoms with van der Waals surface area (Å²) in [6.45, 7) is 0. The molecule has 0 spiro atoms. The minimum Gasteiger partial charge on any atom is -0.338 e. The lowest BCUT2D eigenvalue weighted by atomic mass is 10.2. The number of nitro groups is 1. The Balaban J connectivity index is 1.58. The predicted octanol–water partition coefficient (Wildman–Crippen LogP) is 4.70. The van der Waals surface area contributed by atoms with Crippen LogP contribution in [0, 0.1) is 10.1 Å². The fraction of sp³-hybridized carbons (Fsp3) is 0. The number of hydrogen-bond donors (Lipinski definition) is 1. The van der Waals surface area contributed by atoms with Gasteiger partial charge in [-0.05, 0) is 42.5 Å². The molecular weight excluding hydrogens is 376 g/mol. The van der Waals surface area contributed by atoms with Crippen molar-refractivity contribution in [3.63, 3.8) is 0 Å². The Morgan fingerprint density at radius 2 is 1.59 bits per heavy atom. The van der Waals surface area contributed by atoms with Crippen LogP contribution in [0.25, 0.3) is 0 Å². The molecular formula is C20H14N4O5. The summed E-state index contributed by atoms with van der Waals surface area (Å²) in [6.07, 6.45) is 0. The number of nitrogens with zero attached hydrogens (tertiary/aromatic N) is 3. The number of benzene rings is 3. The van der Waals surface area contributed by atoms with E-state index in [9.17, 15) is 19.7 Å². The van der Waals surface area contributed by atoms with Crippen molar-refractivity contribution in [1.82, 2.24) is 0 Å². The summed E-state index contributed by atoms with van der Waals surface area (Å²) in [5.41, 5.74) is 3.67. The van der Waals surface area contributed by atoms with E-state index >= 15 is 0 Å². The largest absolute Gasteiger partial charge is 0.362 e. The van der Waals surface area contributed by atoms with Gasteiger partial charge in [-0.25, -0.2) is 10.3 Å². The van der Waals surface area contributed by atoms with Crippen molar-refractivity contribution >= 4 is 28.9 Å². The molecule has 0 fully saturated rings. The van der Waals surface area contributed by atoms with Crippen LogP contribution < -0.4 is 5.48 Å². The van der Waals surface area contributed by atoms with Crippen LogP contribution in [-0.4, -0.2) is 16.8 Å². The fourth-order valence-electron chi connectivity index (χ4n) is 2.25. The molecule has 1 N–H and O–H groups in total. The van der Waals surface area contributed by atoms with E-state index in [-0.39, 0.29) is 11.3 Å². The number of nitrogens with one attached hydrogen (secondary N) is 1. The number of rotatable bonds is 6. The third kappa shape index (κ3) is 5.30. The van der Waals surface area contributed by atoms with Crippen LogP contribution in [0.5, 0.6) is 0 Å². The standard InChI is InChI=1S/C20H14N4O5/c25-19(15-7-4-8-18(13-15)24(27)28)22-21-16-9-11-17(12-10-16)23-29-20(26)14-5-2-1-3-6-14/h1-13,23H. The highest BCUT2D eigenvalue weighted by Gasteiger charge is 2.11. The highest BCUT2D eigenvalue weighted by molar-refractivity contribution is 5.95. The number of amides is 1. The van der Waals surface area contributed by atoms with Gasteiger partial charge in [-0.15, -0.1) is 10.2 Å². The summed E-state index contributed by atoms with van der Waals surface area (Å²) in [4.78, 5) is 39.0. The second-order valence-corrected chi connectivity index (χ2v) is 5.72. The second-order valence-electron chi connectivity index (χ2n) is 5.72. The van der Waals surface area contributed by atoms with E-state index in [1.54, 1.807) is 54.6 Å². The zero-order valence-electron chi connectivity index (χ0n) is 14.9. The number of carbonyl (C=O) groups excluding carboxylic acids is 2. The molecule has 144 valence electrons. The molecule has 9 heteroatoms. The Hall–Kier alpha value is -4.40. The topological polar surface area (TPSA) is 123 Å². The molecule has 0 unspecified atom stereocenters. The smallest absolute Gasteiger partial charge is 0.338 e. The summed E-state index contributed by atoms with van der Waals surface area (Å²) in [5.74, 6) is -1.23. The van der Waals surface area contributed by atoms with Gasteiger partial charge in [0.25, 0.3) is 11.6 Å². The average Bonchev–Trinajstić information content (AvgIpc) is 2.77. The van der Waals surface area contributed by atoms with Gasteiger partial charge in [-0.1, -0.05) is 24.3 Å². The lowest BCUT2D eigenvalue weighted by Gasteiger charge is -2.06. The van der Waals surface area contributed by atoms with Gasteiger partial charge in [0.05, 0.1) is 27.4 Å². The molecule has 9 nitrogen and oxygen atoms in total. The Kier molecular flexibility index (Phi) is 6.01. The molecule has 3 aromatic carbocycles. The first-order valence-electron chi connectivity index (χ1n) is 8.36.